The minimum Gasteiger partial charge on any atom is -0.0616 e. The molecule has 135 heavy (non-hydrogen) atoms. The molecule has 0 heterocycles. The van der Waals surface area contributed by atoms with Crippen LogP contribution in [0.5, 0.6) is 0 Å². The van der Waals surface area contributed by atoms with Gasteiger partial charge in [-0.3, -0.25) is 0 Å². The van der Waals surface area contributed by atoms with Crippen LogP contribution in [0.3, 0.4) is 0 Å². The van der Waals surface area contributed by atoms with Gasteiger partial charge in [0.05, 0.1) is 0 Å². The Morgan fingerprint density at radius 3 is 0.607 bits per heavy atom. The van der Waals surface area contributed by atoms with Crippen molar-refractivity contribution in [3.8, 4) is 167 Å². The van der Waals surface area contributed by atoms with Crippen LogP contribution >= 0.6 is 0 Å². The molecule has 0 aliphatic heterocycles. The third-order valence-electron chi connectivity index (χ3n) is 25.4. The summed E-state index contributed by atoms with van der Waals surface area (Å²) >= 11 is 0. The van der Waals surface area contributed by atoms with Gasteiger partial charge in [0.15, 0.2) is 0 Å². The first-order chi connectivity index (χ1) is 65.5. The number of rotatable bonds is 15. The third kappa shape index (κ3) is 23.8. The lowest BCUT2D eigenvalue weighted by Crippen LogP contribution is -1.89. The third-order valence-corrected chi connectivity index (χ3v) is 25.4. The molecule has 0 heteroatoms. The Labute approximate surface area is 803 Å². The zero-order chi connectivity index (χ0) is 94.0. The first-order valence-electron chi connectivity index (χ1n) is 47.3. The Balaban J connectivity index is 0.000000123. The topological polar surface area (TPSA) is 0 Å². The fraction of sp³-hybridized carbons (Fsp3) is 0.111. The molecule has 0 nitrogen and oxygen atoms in total. The molecule has 0 aromatic heterocycles. The van der Waals surface area contributed by atoms with Gasteiger partial charge in [-0.05, 0) is 306 Å². The Bertz CT molecular complexity index is 7420. The first-order valence-corrected chi connectivity index (χ1v) is 47.3. The highest BCUT2D eigenvalue weighted by Crippen LogP contribution is 2.41. The van der Waals surface area contributed by atoms with E-state index in [-0.39, 0.29) is 0 Å². The van der Waals surface area contributed by atoms with E-state index in [1.54, 1.807) is 0 Å². The zero-order valence-corrected chi connectivity index (χ0v) is 80.8. The van der Waals surface area contributed by atoms with Crippen molar-refractivity contribution >= 4 is 0 Å². The Morgan fingerprint density at radius 2 is 0.281 bits per heavy atom. The Morgan fingerprint density at radius 1 is 0.0889 bits per heavy atom. The average molecular weight is 1740 g/mol. The fourth-order valence-electron chi connectivity index (χ4n) is 18.3. The number of hydrogen-bond donors (Lipinski definition) is 0. The first kappa shape index (κ1) is 92.7. The highest BCUT2D eigenvalue weighted by molar-refractivity contribution is 5.89. The van der Waals surface area contributed by atoms with Crippen LogP contribution in [0.4, 0.5) is 0 Å². The summed E-state index contributed by atoms with van der Waals surface area (Å²) in [5, 5.41) is 0. The molecule has 0 unspecified atom stereocenters. The molecule has 0 spiro atoms. The van der Waals surface area contributed by atoms with E-state index < -0.39 is 0 Å². The maximum Gasteiger partial charge on any atom is -0.0105 e. The van der Waals surface area contributed by atoms with E-state index in [0.717, 1.165) is 0 Å². The van der Waals surface area contributed by atoms with Crippen molar-refractivity contribution < 1.29 is 0 Å². The lowest BCUT2D eigenvalue weighted by molar-refractivity contribution is 1.38. The van der Waals surface area contributed by atoms with Gasteiger partial charge in [0, 0.05) is 0 Å². The summed E-state index contributed by atoms with van der Waals surface area (Å²) in [7, 11) is 0. The van der Waals surface area contributed by atoms with Crippen molar-refractivity contribution in [1.82, 2.24) is 0 Å². The van der Waals surface area contributed by atoms with Crippen molar-refractivity contribution in [3.63, 3.8) is 0 Å². The highest BCUT2D eigenvalue weighted by Gasteiger charge is 2.16. The molecule has 0 radical (unpaired) electrons. The van der Waals surface area contributed by atoms with E-state index in [0.29, 0.717) is 0 Å². The highest BCUT2D eigenvalue weighted by atomic mass is 14.2. The summed E-state index contributed by atoms with van der Waals surface area (Å²) in [5.74, 6) is 0. The van der Waals surface area contributed by atoms with Crippen molar-refractivity contribution in [3.05, 3.63) is 538 Å². The summed E-state index contributed by atoms with van der Waals surface area (Å²) in [6.45, 7) is 32.3. The van der Waals surface area contributed by atoms with Crippen LogP contribution in [0, 0.1) is 104 Å². The fourth-order valence-corrected chi connectivity index (χ4v) is 18.3. The standard InChI is InChI=1S/5C27H24/c1-19-10-12-22(13-11-19)23-6-4-7-24(17-23)25-8-5-9-26(18-25)27-15-20(2)14-21(3)16-27;1-19-8-6-9-22(15-19)23-10-7-11-24(18-23)26-12-4-5-13-27(26)25-16-20(2)14-21(3)17-25;1-19-11-13-22(14-12-19)26-9-4-5-10-27(26)24-8-6-7-23(18-24)25-16-20(2)15-21(3)17-25;1-19-7-11-22(12-8-19)23-15-17-25(18-16-23)27-6-4-5-26(21(27)3)24-13-9-20(2)10-14-24;1-19-7-9-22(10-8-19)23-11-13-24(14-12-23)27-16-15-26(18-21(27)3)25-6-4-5-20(2)17-25/h5*4-18H,1-3H3. The molecular weight excluding hydrogens is 1620 g/mol. The lowest BCUT2D eigenvalue weighted by Gasteiger charge is -2.13. The number of hydrogen-bond acceptors (Lipinski definition) is 0. The minimum atomic E-state index is 1.25. The predicted molar refractivity (Wildman–Crippen MR) is 585 cm³/mol. The monoisotopic (exact) mass is 1740 g/mol. The van der Waals surface area contributed by atoms with Crippen LogP contribution < -0.4 is 0 Å². The maximum atomic E-state index is 2.31. The normalized spacial score (nSPS) is 10.8. The van der Waals surface area contributed by atoms with E-state index >= 15 is 0 Å². The van der Waals surface area contributed by atoms with E-state index in [1.807, 2.05) is 0 Å². The summed E-state index contributed by atoms with van der Waals surface area (Å²) in [4.78, 5) is 0. The molecule has 0 aliphatic carbocycles. The molecule has 0 aliphatic rings. The van der Waals surface area contributed by atoms with Gasteiger partial charge in [0.25, 0.3) is 0 Å². The molecular formula is C135H120. The summed E-state index contributed by atoms with van der Waals surface area (Å²) in [6, 6.07) is 165. The van der Waals surface area contributed by atoms with Gasteiger partial charge in [-0.2, -0.15) is 0 Å². The molecule has 660 valence electrons. The van der Waals surface area contributed by atoms with Crippen LogP contribution in [0.2, 0.25) is 0 Å². The van der Waals surface area contributed by atoms with E-state index in [9.17, 15) is 0 Å². The lowest BCUT2D eigenvalue weighted by atomic mass is 9.91. The molecule has 20 aromatic carbocycles. The number of aryl methyl sites for hydroxylation is 14. The van der Waals surface area contributed by atoms with Gasteiger partial charge in [-0.25, -0.2) is 0 Å². The molecule has 20 aromatic rings. The Hall–Kier alpha value is -15.6. The largest absolute Gasteiger partial charge is 0.0616 e. The van der Waals surface area contributed by atoms with Crippen LogP contribution in [-0.2, 0) is 0 Å². The van der Waals surface area contributed by atoms with Crippen molar-refractivity contribution in [2.75, 3.05) is 0 Å². The van der Waals surface area contributed by atoms with Gasteiger partial charge in [-0.1, -0.05) is 503 Å². The average Bonchev–Trinajstić information content (AvgIpc) is 0.803. The van der Waals surface area contributed by atoms with Crippen LogP contribution in [0.1, 0.15) is 83.5 Å². The number of benzene rings is 20. The predicted octanol–water partition coefficient (Wildman–Crippen LogP) is 38.1. The molecule has 0 saturated carbocycles. The summed E-state index contributed by atoms with van der Waals surface area (Å²) in [5.41, 5.74) is 57.5. The van der Waals surface area contributed by atoms with E-state index in [1.165, 1.54) is 250 Å². The van der Waals surface area contributed by atoms with Crippen LogP contribution in [-0.4, -0.2) is 0 Å². The van der Waals surface area contributed by atoms with Crippen molar-refractivity contribution in [2.24, 2.45) is 0 Å². The van der Waals surface area contributed by atoms with Gasteiger partial charge in [0.1, 0.15) is 0 Å². The van der Waals surface area contributed by atoms with Gasteiger partial charge in [0.2, 0.25) is 0 Å². The van der Waals surface area contributed by atoms with E-state index in [2.05, 4.69) is 559 Å². The smallest absolute Gasteiger partial charge is 0.0105 e. The maximum absolute atomic E-state index is 2.31. The molecule has 0 atom stereocenters. The second kappa shape index (κ2) is 43.2. The summed E-state index contributed by atoms with van der Waals surface area (Å²) < 4.78 is 0. The zero-order valence-electron chi connectivity index (χ0n) is 80.8. The van der Waals surface area contributed by atoms with Crippen LogP contribution in [0.15, 0.2) is 455 Å². The molecule has 0 saturated heterocycles. The quantitative estimate of drug-likeness (QED) is 0.0960. The summed E-state index contributed by atoms with van der Waals surface area (Å²) in [6.07, 6.45) is 0. The van der Waals surface area contributed by atoms with Crippen LogP contribution in [0.25, 0.3) is 167 Å². The molecule has 0 amide bonds. The molecule has 0 bridgehead atoms. The minimum absolute atomic E-state index is 1.25. The van der Waals surface area contributed by atoms with Gasteiger partial charge in [-0.15, -0.1) is 0 Å². The van der Waals surface area contributed by atoms with Gasteiger partial charge < -0.3 is 0 Å². The second-order valence-corrected chi connectivity index (χ2v) is 36.8. The molecule has 20 rings (SSSR count). The Kier molecular flexibility index (Phi) is 29.6. The van der Waals surface area contributed by atoms with Crippen molar-refractivity contribution in [1.29, 1.82) is 0 Å². The van der Waals surface area contributed by atoms with E-state index in [4.69, 9.17) is 0 Å². The molecule has 0 N–H and O–H groups in total. The SMILES string of the molecule is Cc1ccc(-c2ccc(-c3ccc(-c4cccc(C)c4)cc3C)cc2)cc1.Cc1ccc(-c2ccc(-c3cccc(-c4ccc(C)cc4)c3C)cc2)cc1.Cc1ccc(-c2cccc(-c3cccc(-c4cc(C)cc(C)c4)c3)c2)cc1.Cc1ccc(-c2ccccc2-c2cccc(-c3cc(C)cc(C)c3)c2)cc1.Cc1cccc(-c2cccc(-c3ccccc3-c3cc(C)cc(C)c3)c2)c1. The second-order valence-electron chi connectivity index (χ2n) is 36.8. The van der Waals surface area contributed by atoms with Gasteiger partial charge >= 0.3 is 0 Å². The van der Waals surface area contributed by atoms with Crippen molar-refractivity contribution in [2.45, 2.75) is 104 Å². The molecule has 0 fully saturated rings.